The fraction of sp³-hybridized carbons (Fsp3) is 0.432. The van der Waals surface area contributed by atoms with E-state index < -0.39 is 5.97 Å². The normalized spacial score (nSPS) is 11.3. The van der Waals surface area contributed by atoms with Crippen molar-refractivity contribution in [1.29, 1.82) is 0 Å². The van der Waals surface area contributed by atoms with Gasteiger partial charge in [0.15, 0.2) is 5.43 Å². The molecule has 0 atom stereocenters. The lowest BCUT2D eigenvalue weighted by atomic mass is 9.99. The number of unbranched alkanes of at least 4 members (excludes halogenated alkanes) is 6. The molecule has 42 heavy (non-hydrogen) atoms. The molecule has 0 amide bonds. The van der Waals surface area contributed by atoms with E-state index in [4.69, 9.17) is 4.98 Å². The van der Waals surface area contributed by atoms with E-state index in [1.165, 1.54) is 0 Å². The van der Waals surface area contributed by atoms with Crippen LogP contribution < -0.4 is 5.43 Å². The van der Waals surface area contributed by atoms with Gasteiger partial charge in [0, 0.05) is 24.1 Å². The van der Waals surface area contributed by atoms with Crippen LogP contribution in [0.1, 0.15) is 111 Å². The van der Waals surface area contributed by atoms with E-state index in [2.05, 4.69) is 49.6 Å². The predicted molar refractivity (Wildman–Crippen MR) is 174 cm³/mol. The van der Waals surface area contributed by atoms with Crippen molar-refractivity contribution in [3.63, 3.8) is 0 Å². The van der Waals surface area contributed by atoms with Crippen LogP contribution in [-0.4, -0.2) is 20.6 Å². The molecule has 0 radical (unpaired) electrons. The molecule has 0 bridgehead atoms. The Bertz CT molecular complexity index is 1540. The molecule has 0 aliphatic carbocycles. The Labute approximate surface area is 250 Å². The fourth-order valence-electron chi connectivity index (χ4n) is 5.76. The molecule has 222 valence electrons. The molecule has 0 aliphatic heterocycles. The minimum absolute atomic E-state index is 0.195. The fourth-order valence-corrected chi connectivity index (χ4v) is 5.76. The highest BCUT2D eigenvalue weighted by Gasteiger charge is 2.16. The van der Waals surface area contributed by atoms with Gasteiger partial charge in [0.05, 0.1) is 16.6 Å². The number of aromatic nitrogens is 2. The number of carboxylic acid groups (broad SMARTS) is 1. The van der Waals surface area contributed by atoms with E-state index in [0.29, 0.717) is 17.7 Å². The zero-order valence-electron chi connectivity index (χ0n) is 25.6. The Morgan fingerprint density at radius 3 is 1.98 bits per heavy atom. The van der Waals surface area contributed by atoms with Crippen LogP contribution in [0.4, 0.5) is 0 Å². The number of rotatable bonds is 16. The quantitative estimate of drug-likeness (QED) is 0.137. The Morgan fingerprint density at radius 1 is 0.762 bits per heavy atom. The first kappa shape index (κ1) is 31.2. The van der Waals surface area contributed by atoms with Crippen LogP contribution in [0, 0.1) is 0 Å². The number of aryl methyl sites for hydroxylation is 3. The third kappa shape index (κ3) is 7.76. The van der Waals surface area contributed by atoms with E-state index >= 15 is 0 Å². The van der Waals surface area contributed by atoms with Crippen LogP contribution in [0.15, 0.2) is 65.5 Å². The Kier molecular flexibility index (Phi) is 11.5. The van der Waals surface area contributed by atoms with Gasteiger partial charge in [0.25, 0.3) is 0 Å². The third-order valence-corrected chi connectivity index (χ3v) is 8.19. The van der Waals surface area contributed by atoms with Gasteiger partial charge in [0.2, 0.25) is 0 Å². The maximum Gasteiger partial charge on any atom is 0.336 e. The summed E-state index contributed by atoms with van der Waals surface area (Å²) in [6, 6.07) is 19.5. The average molecular weight is 567 g/mol. The van der Waals surface area contributed by atoms with Gasteiger partial charge < -0.3 is 9.67 Å². The lowest BCUT2D eigenvalue weighted by molar-refractivity contribution is 0.0697. The highest BCUT2D eigenvalue weighted by molar-refractivity contribution is 5.96. The molecule has 0 saturated carbocycles. The second kappa shape index (κ2) is 15.5. The van der Waals surface area contributed by atoms with Crippen LogP contribution in [0.5, 0.6) is 0 Å². The number of hydrogen-bond donors (Lipinski definition) is 1. The van der Waals surface area contributed by atoms with Crippen LogP contribution in [0.2, 0.25) is 0 Å². The van der Waals surface area contributed by atoms with Gasteiger partial charge in [-0.25, -0.2) is 9.78 Å². The van der Waals surface area contributed by atoms with Crippen molar-refractivity contribution in [3.05, 3.63) is 99.0 Å². The number of hydrogen-bond acceptors (Lipinski definition) is 3. The summed E-state index contributed by atoms with van der Waals surface area (Å²) in [5, 5.41) is 9.65. The average Bonchev–Trinajstić information content (AvgIpc) is 3.24. The molecule has 1 N–H and O–H groups in total. The van der Waals surface area contributed by atoms with E-state index in [1.807, 2.05) is 24.3 Å². The van der Waals surface area contributed by atoms with E-state index in [9.17, 15) is 14.7 Å². The maximum absolute atomic E-state index is 13.7. The van der Waals surface area contributed by atoms with E-state index in [1.54, 1.807) is 12.1 Å². The van der Waals surface area contributed by atoms with Gasteiger partial charge >= 0.3 is 5.97 Å². The molecule has 0 fully saturated rings. The highest BCUT2D eigenvalue weighted by atomic mass is 16.4. The number of imidazole rings is 1. The number of fused-ring (bicyclic) bond motifs is 1. The lowest BCUT2D eigenvalue weighted by Gasteiger charge is -2.11. The summed E-state index contributed by atoms with van der Waals surface area (Å²) in [7, 11) is 0. The van der Waals surface area contributed by atoms with Crippen molar-refractivity contribution in [2.45, 2.75) is 104 Å². The first-order valence-corrected chi connectivity index (χ1v) is 15.9. The van der Waals surface area contributed by atoms with Crippen LogP contribution in [0.3, 0.4) is 0 Å². The number of benzene rings is 2. The zero-order valence-corrected chi connectivity index (χ0v) is 25.6. The van der Waals surface area contributed by atoms with Crippen LogP contribution in [-0.2, 0) is 25.8 Å². The molecule has 0 spiro atoms. The van der Waals surface area contributed by atoms with Crippen molar-refractivity contribution in [3.8, 4) is 11.1 Å². The summed E-state index contributed by atoms with van der Waals surface area (Å²) in [6.07, 6.45) is 12.4. The molecule has 3 aromatic carbocycles. The van der Waals surface area contributed by atoms with Gasteiger partial charge in [-0.2, -0.15) is 0 Å². The monoisotopic (exact) mass is 566 g/mol. The molecular weight excluding hydrogens is 520 g/mol. The number of nitrogens with zero attached hydrogens (tertiary/aromatic N) is 2. The Hall–Kier alpha value is -3.73. The molecule has 5 heteroatoms. The molecule has 4 rings (SSSR count). The predicted octanol–water partition coefficient (Wildman–Crippen LogP) is 9.01. The van der Waals surface area contributed by atoms with Crippen molar-refractivity contribution in [1.82, 2.24) is 9.55 Å². The van der Waals surface area contributed by atoms with Crippen molar-refractivity contribution < 1.29 is 9.90 Å². The SMILES string of the molecule is CCCCCc1cc2nc(CCCCC)n(Cc3ccc(-c4ccccc4C(=O)O)cc3)c2cc(CCCCC)c1=O. The number of carbonyl (C=O) groups is 1. The minimum atomic E-state index is -0.925. The molecular formula is C37H46N2O3. The maximum atomic E-state index is 13.7. The molecule has 0 unspecified atom stereocenters. The second-order valence-corrected chi connectivity index (χ2v) is 11.5. The first-order valence-electron chi connectivity index (χ1n) is 15.9. The van der Waals surface area contributed by atoms with Gasteiger partial charge in [-0.15, -0.1) is 0 Å². The summed E-state index contributed by atoms with van der Waals surface area (Å²) in [6.45, 7) is 7.25. The third-order valence-electron chi connectivity index (χ3n) is 8.19. The standard InChI is InChI=1S/C37H46N2O3/c1-4-7-10-15-29-24-33-34(25-30(36(29)40)16-11-8-5-2)39(35(38-33)19-12-9-6-3)26-27-20-22-28(23-21-27)31-17-13-14-18-32(31)37(41)42/h13-14,17-18,20-25H,4-12,15-16,19,26H2,1-3H3,(H,41,42). The largest absolute Gasteiger partial charge is 0.478 e. The first-order chi connectivity index (χ1) is 20.5. The molecule has 5 nitrogen and oxygen atoms in total. The highest BCUT2D eigenvalue weighted by Crippen LogP contribution is 2.26. The smallest absolute Gasteiger partial charge is 0.336 e. The Balaban J connectivity index is 1.77. The summed E-state index contributed by atoms with van der Waals surface area (Å²) in [5.74, 6) is 0.141. The van der Waals surface area contributed by atoms with Crippen molar-refractivity contribution in [2.24, 2.45) is 0 Å². The molecule has 4 aromatic rings. The van der Waals surface area contributed by atoms with Gasteiger partial charge in [0.1, 0.15) is 5.82 Å². The summed E-state index contributed by atoms with van der Waals surface area (Å²) >= 11 is 0. The van der Waals surface area contributed by atoms with Crippen molar-refractivity contribution >= 4 is 17.0 Å². The lowest BCUT2D eigenvalue weighted by Crippen LogP contribution is -2.12. The van der Waals surface area contributed by atoms with Gasteiger partial charge in [-0.1, -0.05) is 102 Å². The molecule has 0 saturated heterocycles. The Morgan fingerprint density at radius 2 is 1.36 bits per heavy atom. The van der Waals surface area contributed by atoms with Gasteiger partial charge in [-0.3, -0.25) is 4.79 Å². The number of carboxylic acids is 1. The van der Waals surface area contributed by atoms with Crippen LogP contribution >= 0.6 is 0 Å². The topological polar surface area (TPSA) is 72.2 Å². The van der Waals surface area contributed by atoms with Crippen LogP contribution in [0.25, 0.3) is 22.2 Å². The zero-order chi connectivity index (χ0) is 29.9. The molecule has 1 heterocycles. The summed E-state index contributed by atoms with van der Waals surface area (Å²) in [4.78, 5) is 30.6. The number of aromatic carboxylic acids is 1. The molecule has 1 aromatic heterocycles. The minimum Gasteiger partial charge on any atom is -0.478 e. The second-order valence-electron chi connectivity index (χ2n) is 11.5. The summed E-state index contributed by atoms with van der Waals surface area (Å²) in [5.41, 5.74) is 6.97. The van der Waals surface area contributed by atoms with Crippen molar-refractivity contribution in [2.75, 3.05) is 0 Å². The van der Waals surface area contributed by atoms with Gasteiger partial charge in [-0.05, 0) is 67.0 Å². The summed E-state index contributed by atoms with van der Waals surface area (Å²) < 4.78 is 2.31. The van der Waals surface area contributed by atoms with E-state index in [-0.39, 0.29) is 5.43 Å². The molecule has 0 aliphatic rings. The van der Waals surface area contributed by atoms with E-state index in [0.717, 1.165) is 116 Å².